The lowest BCUT2D eigenvalue weighted by atomic mass is 10.0. The van der Waals surface area contributed by atoms with E-state index < -0.39 is 0 Å². The molecule has 1 saturated heterocycles. The summed E-state index contributed by atoms with van der Waals surface area (Å²) in [7, 11) is 0. The molecule has 0 aliphatic carbocycles. The van der Waals surface area contributed by atoms with E-state index in [1.807, 2.05) is 0 Å². The van der Waals surface area contributed by atoms with Crippen molar-refractivity contribution in [1.29, 1.82) is 0 Å². The number of hydrogen-bond donors (Lipinski definition) is 2. The van der Waals surface area contributed by atoms with Crippen LogP contribution in [0.2, 0.25) is 0 Å². The summed E-state index contributed by atoms with van der Waals surface area (Å²) in [6, 6.07) is 1.07. The van der Waals surface area contributed by atoms with E-state index in [1.54, 1.807) is 0 Å². The molecule has 0 aromatic rings. The fraction of sp³-hybridized carbons (Fsp3) is 0.917. The molecular formula is C12H24N2O. The number of carbonyl (C=O) groups is 1. The van der Waals surface area contributed by atoms with Gasteiger partial charge in [-0.1, -0.05) is 26.2 Å². The van der Waals surface area contributed by atoms with E-state index >= 15 is 0 Å². The van der Waals surface area contributed by atoms with Crippen molar-refractivity contribution in [2.45, 2.75) is 64.5 Å². The zero-order valence-corrected chi connectivity index (χ0v) is 10.0. The highest BCUT2D eigenvalue weighted by atomic mass is 16.1. The molecule has 2 atom stereocenters. The minimum atomic E-state index is 0.201. The van der Waals surface area contributed by atoms with Crippen molar-refractivity contribution in [3.05, 3.63) is 0 Å². The summed E-state index contributed by atoms with van der Waals surface area (Å²) < 4.78 is 0. The molecule has 0 aromatic carbocycles. The second kappa shape index (κ2) is 6.83. The third-order valence-corrected chi connectivity index (χ3v) is 3.03. The van der Waals surface area contributed by atoms with Crippen LogP contribution in [-0.2, 0) is 4.79 Å². The van der Waals surface area contributed by atoms with Crippen molar-refractivity contribution in [2.75, 3.05) is 6.54 Å². The Labute approximate surface area is 93.0 Å². The van der Waals surface area contributed by atoms with Crippen LogP contribution in [-0.4, -0.2) is 24.5 Å². The van der Waals surface area contributed by atoms with Gasteiger partial charge in [0.25, 0.3) is 0 Å². The zero-order valence-electron chi connectivity index (χ0n) is 10.0. The van der Waals surface area contributed by atoms with Crippen molar-refractivity contribution in [1.82, 2.24) is 10.6 Å². The molecule has 0 saturated carbocycles. The van der Waals surface area contributed by atoms with Gasteiger partial charge in [-0.05, 0) is 19.8 Å². The Morgan fingerprint density at radius 1 is 1.53 bits per heavy atom. The van der Waals surface area contributed by atoms with Crippen molar-refractivity contribution >= 4 is 5.91 Å². The van der Waals surface area contributed by atoms with Gasteiger partial charge in [-0.2, -0.15) is 0 Å². The average molecular weight is 212 g/mol. The summed E-state index contributed by atoms with van der Waals surface area (Å²) in [6.07, 6.45) is 6.84. The molecule has 1 heterocycles. The fourth-order valence-corrected chi connectivity index (χ4v) is 2.06. The standard InChI is InChI=1S/C12H24N2O/c1-3-4-5-6-10(2)14-11-7-8-12(15)13-9-11/h10-11,14H,3-9H2,1-2H3,(H,13,15). The second-order valence-electron chi connectivity index (χ2n) is 4.60. The van der Waals surface area contributed by atoms with Gasteiger partial charge in [0, 0.05) is 25.0 Å². The van der Waals surface area contributed by atoms with E-state index in [0.29, 0.717) is 18.5 Å². The van der Waals surface area contributed by atoms with Crippen LogP contribution in [0.25, 0.3) is 0 Å². The summed E-state index contributed by atoms with van der Waals surface area (Å²) in [5.41, 5.74) is 0. The minimum Gasteiger partial charge on any atom is -0.355 e. The van der Waals surface area contributed by atoms with Crippen LogP contribution in [0.3, 0.4) is 0 Å². The van der Waals surface area contributed by atoms with Crippen LogP contribution in [0.5, 0.6) is 0 Å². The number of carbonyl (C=O) groups excluding carboxylic acids is 1. The molecule has 15 heavy (non-hydrogen) atoms. The van der Waals surface area contributed by atoms with Crippen molar-refractivity contribution in [3.8, 4) is 0 Å². The highest BCUT2D eigenvalue weighted by Crippen LogP contribution is 2.07. The SMILES string of the molecule is CCCCCC(C)NC1CCC(=O)NC1. The Kier molecular flexibility index (Phi) is 5.69. The first-order valence-electron chi connectivity index (χ1n) is 6.25. The number of rotatable bonds is 6. The topological polar surface area (TPSA) is 41.1 Å². The average Bonchev–Trinajstić information content (AvgIpc) is 2.22. The van der Waals surface area contributed by atoms with Gasteiger partial charge in [0.15, 0.2) is 0 Å². The molecule has 1 amide bonds. The quantitative estimate of drug-likeness (QED) is 0.659. The summed E-state index contributed by atoms with van der Waals surface area (Å²) >= 11 is 0. The fourth-order valence-electron chi connectivity index (χ4n) is 2.06. The lowest BCUT2D eigenvalue weighted by molar-refractivity contribution is -0.122. The molecule has 2 unspecified atom stereocenters. The van der Waals surface area contributed by atoms with Gasteiger partial charge in [0.1, 0.15) is 0 Å². The van der Waals surface area contributed by atoms with Gasteiger partial charge in [0.2, 0.25) is 5.91 Å². The highest BCUT2D eigenvalue weighted by molar-refractivity contribution is 5.76. The second-order valence-corrected chi connectivity index (χ2v) is 4.60. The third-order valence-electron chi connectivity index (χ3n) is 3.03. The third kappa shape index (κ3) is 5.17. The molecule has 0 spiro atoms. The Balaban J connectivity index is 2.09. The van der Waals surface area contributed by atoms with E-state index in [4.69, 9.17) is 0 Å². The van der Waals surface area contributed by atoms with Gasteiger partial charge < -0.3 is 10.6 Å². The maximum absolute atomic E-state index is 11.0. The number of hydrogen-bond acceptors (Lipinski definition) is 2. The van der Waals surface area contributed by atoms with Crippen LogP contribution >= 0.6 is 0 Å². The number of unbranched alkanes of at least 4 members (excludes halogenated alkanes) is 2. The normalized spacial score (nSPS) is 23.6. The van der Waals surface area contributed by atoms with Gasteiger partial charge in [-0.3, -0.25) is 4.79 Å². The van der Waals surface area contributed by atoms with Crippen LogP contribution in [0.15, 0.2) is 0 Å². The largest absolute Gasteiger partial charge is 0.355 e. The van der Waals surface area contributed by atoms with Gasteiger partial charge in [-0.15, -0.1) is 0 Å². The summed E-state index contributed by atoms with van der Waals surface area (Å²) in [4.78, 5) is 11.0. The maximum Gasteiger partial charge on any atom is 0.220 e. The van der Waals surface area contributed by atoms with E-state index in [9.17, 15) is 4.79 Å². The Hall–Kier alpha value is -0.570. The van der Waals surface area contributed by atoms with E-state index in [-0.39, 0.29) is 5.91 Å². The smallest absolute Gasteiger partial charge is 0.220 e. The lowest BCUT2D eigenvalue weighted by Crippen LogP contribution is -2.48. The Bertz CT molecular complexity index is 184. The predicted molar refractivity (Wildman–Crippen MR) is 62.8 cm³/mol. The molecular weight excluding hydrogens is 188 g/mol. The van der Waals surface area contributed by atoms with Crippen molar-refractivity contribution in [2.24, 2.45) is 0 Å². The first kappa shape index (κ1) is 12.5. The van der Waals surface area contributed by atoms with Gasteiger partial charge in [0.05, 0.1) is 0 Å². The van der Waals surface area contributed by atoms with E-state index in [0.717, 1.165) is 13.0 Å². The first-order valence-corrected chi connectivity index (χ1v) is 6.25. The van der Waals surface area contributed by atoms with Crippen LogP contribution in [0.4, 0.5) is 0 Å². The number of piperidine rings is 1. The molecule has 3 nitrogen and oxygen atoms in total. The number of nitrogens with one attached hydrogen (secondary N) is 2. The monoisotopic (exact) mass is 212 g/mol. The van der Waals surface area contributed by atoms with E-state index in [1.165, 1.54) is 25.7 Å². The first-order chi connectivity index (χ1) is 7.22. The zero-order chi connectivity index (χ0) is 11.1. The molecule has 3 heteroatoms. The lowest BCUT2D eigenvalue weighted by Gasteiger charge is -2.27. The molecule has 0 bridgehead atoms. The Morgan fingerprint density at radius 2 is 2.33 bits per heavy atom. The van der Waals surface area contributed by atoms with Crippen molar-refractivity contribution in [3.63, 3.8) is 0 Å². The molecule has 1 aliphatic rings. The molecule has 1 rings (SSSR count). The molecule has 2 N–H and O–H groups in total. The molecule has 1 aliphatic heterocycles. The van der Waals surface area contributed by atoms with Crippen LogP contribution in [0, 0.1) is 0 Å². The van der Waals surface area contributed by atoms with E-state index in [2.05, 4.69) is 24.5 Å². The summed E-state index contributed by atoms with van der Waals surface area (Å²) in [5, 5.41) is 6.49. The molecule has 88 valence electrons. The Morgan fingerprint density at radius 3 is 2.93 bits per heavy atom. The van der Waals surface area contributed by atoms with Crippen LogP contribution < -0.4 is 10.6 Å². The van der Waals surface area contributed by atoms with Crippen molar-refractivity contribution < 1.29 is 4.79 Å². The molecule has 1 fully saturated rings. The van der Waals surface area contributed by atoms with Gasteiger partial charge >= 0.3 is 0 Å². The maximum atomic E-state index is 11.0. The summed E-state index contributed by atoms with van der Waals surface area (Å²) in [6.45, 7) is 5.28. The van der Waals surface area contributed by atoms with Crippen LogP contribution in [0.1, 0.15) is 52.4 Å². The highest BCUT2D eigenvalue weighted by Gasteiger charge is 2.18. The minimum absolute atomic E-state index is 0.201. The number of amides is 1. The van der Waals surface area contributed by atoms with Gasteiger partial charge in [-0.25, -0.2) is 0 Å². The summed E-state index contributed by atoms with van der Waals surface area (Å²) in [5.74, 6) is 0.201. The molecule has 0 radical (unpaired) electrons. The molecule has 0 aromatic heterocycles. The predicted octanol–water partition coefficient (Wildman–Crippen LogP) is 1.82.